The molecule has 4 aliphatic carbocycles. The van der Waals surface area contributed by atoms with Gasteiger partial charge in [-0.2, -0.15) is 0 Å². The highest BCUT2D eigenvalue weighted by Crippen LogP contribution is 2.67. The minimum atomic E-state index is -1.77. The summed E-state index contributed by atoms with van der Waals surface area (Å²) in [6.45, 7) is 23.2. The highest BCUT2D eigenvalue weighted by molar-refractivity contribution is 7.80. The van der Waals surface area contributed by atoms with Crippen LogP contribution in [0.25, 0.3) is 0 Å². The first-order chi connectivity index (χ1) is 20.9. The summed E-state index contributed by atoms with van der Waals surface area (Å²) >= 11 is -1.59. The quantitative estimate of drug-likeness (QED) is 0.201. The first-order valence-corrected chi connectivity index (χ1v) is 22.1. The molecule has 0 spiro atoms. The van der Waals surface area contributed by atoms with E-state index in [2.05, 4.69) is 60.7 Å². The molecule has 6 heteroatoms. The maximum absolute atomic E-state index is 13.0. The van der Waals surface area contributed by atoms with Crippen molar-refractivity contribution < 1.29 is 17.9 Å². The summed E-state index contributed by atoms with van der Waals surface area (Å²) in [5, 5.41) is 11.2. The molecule has 4 aliphatic rings. The van der Waals surface area contributed by atoms with Gasteiger partial charge in [-0.05, 0) is 149 Å². The maximum atomic E-state index is 13.0. The number of rotatable bonds is 10. The van der Waals surface area contributed by atoms with Crippen molar-refractivity contribution in [3.05, 3.63) is 42.0 Å². The lowest BCUT2D eigenvalue weighted by Gasteiger charge is -2.59. The average Bonchev–Trinajstić information content (AvgIpc) is 3.31. The molecule has 1 aromatic carbocycles. The van der Waals surface area contributed by atoms with Crippen LogP contribution in [0.2, 0.25) is 18.1 Å². The van der Waals surface area contributed by atoms with Gasteiger partial charge in [-0.1, -0.05) is 71.4 Å². The fourth-order valence-corrected chi connectivity index (χ4v) is 12.5. The van der Waals surface area contributed by atoms with Gasteiger partial charge in [-0.15, -0.1) is 0 Å². The van der Waals surface area contributed by atoms with Gasteiger partial charge in [0.2, 0.25) is 0 Å². The molecule has 0 amide bonds. The number of benzene rings is 1. The zero-order valence-corrected chi connectivity index (χ0v) is 32.0. The van der Waals surface area contributed by atoms with Gasteiger partial charge in [0, 0.05) is 6.10 Å². The van der Waals surface area contributed by atoms with E-state index in [0.29, 0.717) is 33.7 Å². The lowest BCUT2D eigenvalue weighted by atomic mass is 9.47. The average molecular weight is 657 g/mol. The molecule has 0 bridgehead atoms. The monoisotopic (exact) mass is 656 g/mol. The Morgan fingerprint density at radius 2 is 1.67 bits per heavy atom. The van der Waals surface area contributed by atoms with Gasteiger partial charge in [0.05, 0.1) is 10.5 Å². The summed E-state index contributed by atoms with van der Waals surface area (Å²) in [5.74, 6) is 3.64. The van der Waals surface area contributed by atoms with Crippen LogP contribution in [0.3, 0.4) is 0 Å². The van der Waals surface area contributed by atoms with Crippen molar-refractivity contribution in [2.45, 2.75) is 160 Å². The van der Waals surface area contributed by atoms with Crippen LogP contribution in [0, 0.1) is 40.4 Å². The Morgan fingerprint density at radius 1 is 0.978 bits per heavy atom. The van der Waals surface area contributed by atoms with E-state index in [9.17, 15) is 9.32 Å². The molecule has 0 heterocycles. The summed E-state index contributed by atoms with van der Waals surface area (Å²) in [6, 6.07) is 9.33. The van der Waals surface area contributed by atoms with Gasteiger partial charge in [0.25, 0.3) is 0 Å². The summed E-state index contributed by atoms with van der Waals surface area (Å²) in [6.07, 6.45) is 14.6. The van der Waals surface area contributed by atoms with E-state index in [1.54, 1.807) is 19.4 Å². The SMILES string of the molecule is CC(CCC(OS(=O)c1ccccc1)C(C)(C)O)[C@H]1CC[C@H]2[C@@H]3CC=C4C[C@@H](O[Si](C)(C)C(C)(C)C)CC[C@]4(C)[C@H]3CC[C@@]12C. The van der Waals surface area contributed by atoms with Gasteiger partial charge in [0.1, 0.15) is 6.10 Å². The molecular weight excluding hydrogens is 593 g/mol. The van der Waals surface area contributed by atoms with Crippen LogP contribution >= 0.6 is 0 Å². The van der Waals surface area contributed by atoms with Gasteiger partial charge in [-0.3, -0.25) is 4.18 Å². The lowest BCUT2D eigenvalue weighted by molar-refractivity contribution is -0.0601. The van der Waals surface area contributed by atoms with Crippen molar-refractivity contribution in [2.75, 3.05) is 0 Å². The van der Waals surface area contributed by atoms with Crippen LogP contribution in [0.5, 0.6) is 0 Å². The summed E-state index contributed by atoms with van der Waals surface area (Å²) in [5.41, 5.74) is 1.38. The number of hydrogen-bond donors (Lipinski definition) is 1. The molecule has 1 aromatic rings. The van der Waals surface area contributed by atoms with Crippen LogP contribution in [0.1, 0.15) is 120 Å². The second-order valence-corrected chi connectivity index (χ2v) is 24.0. The fraction of sp³-hybridized carbons (Fsp3) is 0.795. The van der Waals surface area contributed by atoms with Crippen LogP contribution in [-0.2, 0) is 19.7 Å². The summed E-state index contributed by atoms with van der Waals surface area (Å²) in [4.78, 5) is 0.651. The van der Waals surface area contributed by atoms with E-state index < -0.39 is 31.1 Å². The summed E-state index contributed by atoms with van der Waals surface area (Å²) < 4.78 is 26.0. The van der Waals surface area contributed by atoms with Crippen molar-refractivity contribution in [1.29, 1.82) is 0 Å². The van der Waals surface area contributed by atoms with Crippen LogP contribution < -0.4 is 0 Å². The number of fused-ring (bicyclic) bond motifs is 5. The Labute approximate surface area is 279 Å². The molecular formula is C39H64O4SSi. The number of hydrogen-bond acceptors (Lipinski definition) is 4. The molecule has 3 fully saturated rings. The fourth-order valence-electron chi connectivity index (χ4n) is 10.1. The van der Waals surface area contributed by atoms with E-state index in [-0.39, 0.29) is 5.04 Å². The van der Waals surface area contributed by atoms with Crippen molar-refractivity contribution in [1.82, 2.24) is 0 Å². The van der Waals surface area contributed by atoms with Gasteiger partial charge in [0.15, 0.2) is 19.4 Å². The molecule has 45 heavy (non-hydrogen) atoms. The molecule has 0 aliphatic heterocycles. The van der Waals surface area contributed by atoms with E-state index >= 15 is 0 Å². The standard InChI is InChI=1S/C39H64O4SSi/c1-27(16-21-35(37(5,6)40)42-44(41)30-14-12-11-13-15-30)32-19-20-33-31-18-17-28-26-29(43-45(9,10)36(2,3)4)22-24-38(28,7)34(31)23-25-39(32,33)8/h11-15,17,27,29,31-35,40H,16,18-26H2,1-10H3/t27?,29-,31-,32+,33-,34-,35?,38-,39-,44?/m0/s1. The van der Waals surface area contributed by atoms with Crippen molar-refractivity contribution in [3.8, 4) is 0 Å². The summed E-state index contributed by atoms with van der Waals surface area (Å²) in [7, 11) is -1.77. The zero-order chi connectivity index (χ0) is 33.0. The smallest absolute Gasteiger partial charge is 0.192 e. The Balaban J connectivity index is 1.24. The molecule has 254 valence electrons. The minimum Gasteiger partial charge on any atom is -0.414 e. The third kappa shape index (κ3) is 7.02. The predicted molar refractivity (Wildman–Crippen MR) is 190 cm³/mol. The van der Waals surface area contributed by atoms with Gasteiger partial charge < -0.3 is 9.53 Å². The van der Waals surface area contributed by atoms with E-state index in [1.165, 1.54) is 44.9 Å². The Bertz CT molecular complexity index is 1230. The predicted octanol–water partition coefficient (Wildman–Crippen LogP) is 10.3. The number of aliphatic hydroxyl groups is 1. The van der Waals surface area contributed by atoms with Gasteiger partial charge >= 0.3 is 0 Å². The third-order valence-electron chi connectivity index (χ3n) is 13.9. The van der Waals surface area contributed by atoms with E-state index in [1.807, 2.05) is 30.3 Å². The molecule has 0 radical (unpaired) electrons. The lowest BCUT2D eigenvalue weighted by Crippen LogP contribution is -2.52. The molecule has 3 saturated carbocycles. The third-order valence-corrected chi connectivity index (χ3v) is 19.5. The van der Waals surface area contributed by atoms with E-state index in [4.69, 9.17) is 8.61 Å². The topological polar surface area (TPSA) is 55.8 Å². The Morgan fingerprint density at radius 3 is 2.31 bits per heavy atom. The zero-order valence-electron chi connectivity index (χ0n) is 30.2. The van der Waals surface area contributed by atoms with Crippen LogP contribution in [0.15, 0.2) is 46.9 Å². The van der Waals surface area contributed by atoms with E-state index in [0.717, 1.165) is 37.0 Å². The molecule has 10 atom stereocenters. The highest BCUT2D eigenvalue weighted by Gasteiger charge is 2.59. The molecule has 3 unspecified atom stereocenters. The van der Waals surface area contributed by atoms with Crippen molar-refractivity contribution >= 4 is 19.4 Å². The van der Waals surface area contributed by atoms with Crippen LogP contribution in [0.4, 0.5) is 0 Å². The Hall–Kier alpha value is -0.793. The molecule has 5 rings (SSSR count). The Kier molecular flexibility index (Phi) is 10.2. The van der Waals surface area contributed by atoms with Crippen molar-refractivity contribution in [2.24, 2.45) is 40.4 Å². The van der Waals surface area contributed by atoms with Crippen LogP contribution in [-0.4, -0.2) is 35.4 Å². The normalized spacial score (nSPS) is 35.9. The molecule has 1 N–H and O–H groups in total. The number of allylic oxidation sites excluding steroid dienone is 1. The molecule has 0 saturated heterocycles. The van der Waals surface area contributed by atoms with Gasteiger partial charge in [-0.25, -0.2) is 4.21 Å². The maximum Gasteiger partial charge on any atom is 0.192 e. The second kappa shape index (κ2) is 12.9. The first-order valence-electron chi connectivity index (χ1n) is 18.1. The largest absolute Gasteiger partial charge is 0.414 e. The molecule has 0 aromatic heterocycles. The first kappa shape index (κ1) is 35.5. The molecule has 4 nitrogen and oxygen atoms in total. The van der Waals surface area contributed by atoms with Crippen molar-refractivity contribution in [3.63, 3.8) is 0 Å². The minimum absolute atomic E-state index is 0.257. The second-order valence-electron chi connectivity index (χ2n) is 18.1. The highest BCUT2D eigenvalue weighted by atomic mass is 32.2.